The topological polar surface area (TPSA) is 124 Å². The Morgan fingerprint density at radius 3 is 2.11 bits per heavy atom. The summed E-state index contributed by atoms with van der Waals surface area (Å²) >= 11 is 0.856. The van der Waals surface area contributed by atoms with Crippen molar-refractivity contribution >= 4 is 36.2 Å². The lowest BCUT2D eigenvalue weighted by atomic mass is 10.2. The molecule has 0 atom stereocenters. The Balaban J connectivity index is 1.68. The smallest absolute Gasteiger partial charge is 0.223 e. The molecule has 0 radical (unpaired) electrons. The quantitative estimate of drug-likeness (QED) is 0.538. The molecule has 0 aliphatic rings. The van der Waals surface area contributed by atoms with Crippen LogP contribution < -0.4 is 5.14 Å². The standard InChI is InChI=1S/C16H12N4O4S3/c17-27(23,24)16-19-20-10-14(18-15(20)25-16)11-6-8-13(9-7-11)26(21,22)12-4-2-1-3-5-12/h1-10H,(H2,17,23,24). The molecule has 0 saturated carbocycles. The summed E-state index contributed by atoms with van der Waals surface area (Å²) in [5.74, 6) is 0. The average Bonchev–Trinajstić information content (AvgIpc) is 3.21. The number of nitrogens with two attached hydrogens (primary N) is 1. The Bertz CT molecular complexity index is 1310. The number of benzene rings is 2. The Kier molecular flexibility index (Phi) is 4.11. The molecule has 0 aliphatic carbocycles. The van der Waals surface area contributed by atoms with Gasteiger partial charge in [-0.3, -0.25) is 0 Å². The number of fused-ring (bicyclic) bond motifs is 1. The SMILES string of the molecule is NS(=O)(=O)c1nn2cc(-c3ccc(S(=O)(=O)c4ccccc4)cc3)nc2s1. The summed E-state index contributed by atoms with van der Waals surface area (Å²) in [6.45, 7) is 0. The average molecular weight is 420 g/mol. The Morgan fingerprint density at radius 2 is 1.52 bits per heavy atom. The molecule has 0 spiro atoms. The van der Waals surface area contributed by atoms with Crippen molar-refractivity contribution in [3.63, 3.8) is 0 Å². The van der Waals surface area contributed by atoms with E-state index < -0.39 is 19.9 Å². The maximum absolute atomic E-state index is 12.6. The van der Waals surface area contributed by atoms with Crippen molar-refractivity contribution in [2.24, 2.45) is 5.14 Å². The molecule has 4 rings (SSSR count). The zero-order valence-corrected chi connectivity index (χ0v) is 16.0. The molecule has 11 heteroatoms. The predicted molar refractivity (Wildman–Crippen MR) is 99.6 cm³/mol. The van der Waals surface area contributed by atoms with Gasteiger partial charge in [-0.2, -0.15) is 0 Å². The fraction of sp³-hybridized carbons (Fsp3) is 0. The first-order valence-electron chi connectivity index (χ1n) is 7.55. The van der Waals surface area contributed by atoms with E-state index in [1.807, 2.05) is 0 Å². The first-order valence-corrected chi connectivity index (χ1v) is 11.4. The molecule has 138 valence electrons. The van der Waals surface area contributed by atoms with Crippen molar-refractivity contribution in [2.45, 2.75) is 14.1 Å². The normalized spacial score (nSPS) is 12.5. The number of nitrogens with zero attached hydrogens (tertiary/aromatic N) is 3. The second-order valence-electron chi connectivity index (χ2n) is 5.61. The first-order chi connectivity index (χ1) is 12.7. The zero-order chi connectivity index (χ0) is 19.2. The van der Waals surface area contributed by atoms with Crippen molar-refractivity contribution in [2.75, 3.05) is 0 Å². The molecule has 2 heterocycles. The minimum absolute atomic E-state index is 0.174. The maximum atomic E-state index is 12.6. The largest absolute Gasteiger partial charge is 0.267 e. The van der Waals surface area contributed by atoms with Crippen molar-refractivity contribution in [3.05, 3.63) is 60.8 Å². The summed E-state index contributed by atoms with van der Waals surface area (Å²) in [6, 6.07) is 14.5. The minimum atomic E-state index is -3.88. The summed E-state index contributed by atoms with van der Waals surface area (Å²) in [4.78, 5) is 5.08. The molecule has 8 nitrogen and oxygen atoms in total. The number of aromatic nitrogens is 3. The third-order valence-corrected chi connectivity index (χ3v) is 7.80. The van der Waals surface area contributed by atoms with Gasteiger partial charge in [0, 0.05) is 5.56 Å². The number of rotatable bonds is 4. The number of hydrogen-bond donors (Lipinski definition) is 1. The third kappa shape index (κ3) is 3.25. The van der Waals surface area contributed by atoms with E-state index in [-0.39, 0.29) is 14.1 Å². The number of primary sulfonamides is 1. The van der Waals surface area contributed by atoms with Crippen molar-refractivity contribution in [1.29, 1.82) is 0 Å². The van der Waals surface area contributed by atoms with Crippen LogP contribution in [0.15, 0.2) is 74.9 Å². The molecule has 2 N–H and O–H groups in total. The molecule has 4 aromatic rings. The van der Waals surface area contributed by atoms with Gasteiger partial charge < -0.3 is 0 Å². The number of sulfone groups is 1. The molecule has 2 aromatic heterocycles. The van der Waals surface area contributed by atoms with Crippen LogP contribution in [-0.4, -0.2) is 31.4 Å². The second-order valence-corrected chi connectivity index (χ2v) is 10.2. The van der Waals surface area contributed by atoms with E-state index in [4.69, 9.17) is 5.14 Å². The van der Waals surface area contributed by atoms with E-state index in [2.05, 4.69) is 10.1 Å². The van der Waals surface area contributed by atoms with Crippen LogP contribution >= 0.6 is 11.3 Å². The Morgan fingerprint density at radius 1 is 0.889 bits per heavy atom. The summed E-state index contributed by atoms with van der Waals surface area (Å²) < 4.78 is 49.0. The van der Waals surface area contributed by atoms with Gasteiger partial charge in [0.2, 0.25) is 19.1 Å². The van der Waals surface area contributed by atoms with Crippen molar-refractivity contribution in [1.82, 2.24) is 14.6 Å². The van der Waals surface area contributed by atoms with Gasteiger partial charge in [0.25, 0.3) is 10.0 Å². The lowest BCUT2D eigenvalue weighted by molar-refractivity contribution is 0.593. The lowest BCUT2D eigenvalue weighted by Gasteiger charge is -2.05. The first kappa shape index (κ1) is 17.8. The predicted octanol–water partition coefficient (Wildman–Crippen LogP) is 1.94. The summed E-state index contributed by atoms with van der Waals surface area (Å²) in [5, 5.41) is 8.95. The van der Waals surface area contributed by atoms with Gasteiger partial charge >= 0.3 is 0 Å². The molecule has 0 bridgehead atoms. The van der Waals surface area contributed by atoms with Gasteiger partial charge in [-0.25, -0.2) is 31.5 Å². The molecule has 0 saturated heterocycles. The Labute approximate surface area is 158 Å². The van der Waals surface area contributed by atoms with Crippen molar-refractivity contribution in [3.8, 4) is 11.3 Å². The summed E-state index contributed by atoms with van der Waals surface area (Å²) in [5.41, 5.74) is 1.22. The van der Waals surface area contributed by atoms with Crippen LogP contribution in [0.2, 0.25) is 0 Å². The van der Waals surface area contributed by atoms with Crippen LogP contribution in [0.4, 0.5) is 0 Å². The van der Waals surface area contributed by atoms with E-state index in [0.29, 0.717) is 16.2 Å². The molecular weight excluding hydrogens is 408 g/mol. The van der Waals surface area contributed by atoms with Gasteiger partial charge in [0.15, 0.2) is 0 Å². The van der Waals surface area contributed by atoms with Crippen LogP contribution in [0.1, 0.15) is 0 Å². The zero-order valence-electron chi connectivity index (χ0n) is 13.6. The van der Waals surface area contributed by atoms with Crippen LogP contribution in [0, 0.1) is 0 Å². The number of imidazole rings is 1. The van der Waals surface area contributed by atoms with Gasteiger partial charge in [0.05, 0.1) is 21.7 Å². The van der Waals surface area contributed by atoms with E-state index in [9.17, 15) is 16.8 Å². The van der Waals surface area contributed by atoms with E-state index in [0.717, 1.165) is 11.3 Å². The van der Waals surface area contributed by atoms with Gasteiger partial charge in [0.1, 0.15) is 0 Å². The second kappa shape index (κ2) is 6.23. The van der Waals surface area contributed by atoms with Gasteiger partial charge in [-0.05, 0) is 24.3 Å². The molecule has 2 aromatic carbocycles. The highest BCUT2D eigenvalue weighted by Gasteiger charge is 2.19. The lowest BCUT2D eigenvalue weighted by Crippen LogP contribution is -2.12. The molecule has 0 unspecified atom stereocenters. The van der Waals surface area contributed by atoms with Crippen LogP contribution in [0.5, 0.6) is 0 Å². The highest BCUT2D eigenvalue weighted by Crippen LogP contribution is 2.26. The monoisotopic (exact) mass is 420 g/mol. The summed E-state index contributed by atoms with van der Waals surface area (Å²) in [7, 11) is -7.47. The number of sulfonamides is 1. The molecule has 27 heavy (non-hydrogen) atoms. The minimum Gasteiger partial charge on any atom is -0.223 e. The highest BCUT2D eigenvalue weighted by molar-refractivity contribution is 7.91. The number of hydrogen-bond acceptors (Lipinski definition) is 7. The fourth-order valence-electron chi connectivity index (χ4n) is 2.48. The molecular formula is C16H12N4O4S3. The van der Waals surface area contributed by atoms with Crippen LogP contribution in [0.25, 0.3) is 16.2 Å². The maximum Gasteiger partial charge on any atom is 0.267 e. The van der Waals surface area contributed by atoms with E-state index in [1.165, 1.54) is 16.6 Å². The molecule has 0 amide bonds. The summed E-state index contributed by atoms with van der Waals surface area (Å²) in [6.07, 6.45) is 1.56. The van der Waals surface area contributed by atoms with Crippen LogP contribution in [-0.2, 0) is 19.9 Å². The third-order valence-electron chi connectivity index (χ3n) is 3.78. The fourth-order valence-corrected chi connectivity index (χ4v) is 5.26. The van der Waals surface area contributed by atoms with Gasteiger partial charge in [-0.15, -0.1) is 5.10 Å². The van der Waals surface area contributed by atoms with Crippen LogP contribution in [0.3, 0.4) is 0 Å². The van der Waals surface area contributed by atoms with E-state index >= 15 is 0 Å². The van der Waals surface area contributed by atoms with Gasteiger partial charge in [-0.1, -0.05) is 41.7 Å². The van der Waals surface area contributed by atoms with Crippen molar-refractivity contribution < 1.29 is 16.8 Å². The molecule has 0 fully saturated rings. The molecule has 0 aliphatic heterocycles. The highest BCUT2D eigenvalue weighted by atomic mass is 32.2. The Hall–Kier alpha value is -2.60. The van der Waals surface area contributed by atoms with E-state index in [1.54, 1.807) is 48.7 Å².